The van der Waals surface area contributed by atoms with Crippen LogP contribution in [-0.2, 0) is 19.6 Å². The van der Waals surface area contributed by atoms with Gasteiger partial charge in [0.2, 0.25) is 10.0 Å². The molecule has 0 aliphatic carbocycles. The molecular weight excluding hydrogens is 380 g/mol. The topological polar surface area (TPSA) is 92.8 Å². The molecule has 1 aliphatic heterocycles. The molecule has 0 radical (unpaired) electrons. The Morgan fingerprint density at radius 3 is 2.50 bits per heavy atom. The number of nitrogens with zero attached hydrogens (tertiary/aromatic N) is 1. The van der Waals surface area contributed by atoms with Crippen molar-refractivity contribution in [3.05, 3.63) is 29.8 Å². The summed E-state index contributed by atoms with van der Waals surface area (Å²) in [6, 6.07) is 5.63. The number of piperidine rings is 1. The van der Waals surface area contributed by atoms with E-state index in [0.717, 1.165) is 25.7 Å². The minimum Gasteiger partial charge on any atom is -0.452 e. The largest absolute Gasteiger partial charge is 0.452 e. The van der Waals surface area contributed by atoms with Gasteiger partial charge in [0, 0.05) is 19.1 Å². The second kappa shape index (κ2) is 10.0. The van der Waals surface area contributed by atoms with Gasteiger partial charge in [-0.25, -0.2) is 13.2 Å². The molecule has 1 aromatic rings. The van der Waals surface area contributed by atoms with Crippen LogP contribution in [0.5, 0.6) is 0 Å². The van der Waals surface area contributed by atoms with Gasteiger partial charge in [0.25, 0.3) is 5.91 Å². The number of benzene rings is 1. The number of ether oxygens (including phenoxy) is 1. The van der Waals surface area contributed by atoms with E-state index in [-0.39, 0.29) is 29.0 Å². The molecule has 156 valence electrons. The van der Waals surface area contributed by atoms with Crippen molar-refractivity contribution in [3.63, 3.8) is 0 Å². The molecule has 1 saturated heterocycles. The van der Waals surface area contributed by atoms with Crippen molar-refractivity contribution in [2.45, 2.75) is 57.4 Å². The SMILES string of the molecule is CC(C)CCNC(=O)COC(=O)c1ccc(S(=O)(=O)N2CCCC[C@H]2C)cc1. The Labute approximate surface area is 167 Å². The molecule has 1 aromatic carbocycles. The number of esters is 1. The number of carbonyl (C=O) groups excluding carboxylic acids is 2. The van der Waals surface area contributed by atoms with Gasteiger partial charge >= 0.3 is 5.97 Å². The fourth-order valence-corrected chi connectivity index (χ4v) is 4.79. The van der Waals surface area contributed by atoms with Crippen LogP contribution in [-0.4, -0.2) is 50.3 Å². The zero-order chi connectivity index (χ0) is 20.7. The highest BCUT2D eigenvalue weighted by Crippen LogP contribution is 2.25. The maximum Gasteiger partial charge on any atom is 0.338 e. The normalized spacial score (nSPS) is 18.1. The third-order valence-corrected chi connectivity index (χ3v) is 6.84. The zero-order valence-electron chi connectivity index (χ0n) is 16.8. The fraction of sp³-hybridized carbons (Fsp3) is 0.600. The number of amides is 1. The van der Waals surface area contributed by atoms with E-state index in [9.17, 15) is 18.0 Å². The van der Waals surface area contributed by atoms with Gasteiger partial charge in [-0.2, -0.15) is 4.31 Å². The lowest BCUT2D eigenvalue weighted by Crippen LogP contribution is -2.41. The minimum absolute atomic E-state index is 0.0300. The van der Waals surface area contributed by atoms with Crippen LogP contribution in [0.25, 0.3) is 0 Å². The minimum atomic E-state index is -3.58. The average Bonchev–Trinajstić information content (AvgIpc) is 2.66. The van der Waals surface area contributed by atoms with Crippen LogP contribution in [0.2, 0.25) is 0 Å². The molecule has 0 unspecified atom stereocenters. The number of hydrogen-bond acceptors (Lipinski definition) is 5. The van der Waals surface area contributed by atoms with Crippen LogP contribution in [0.15, 0.2) is 29.2 Å². The van der Waals surface area contributed by atoms with Crippen LogP contribution < -0.4 is 5.32 Å². The molecular formula is C20H30N2O5S. The van der Waals surface area contributed by atoms with Crippen LogP contribution in [0.3, 0.4) is 0 Å². The lowest BCUT2D eigenvalue weighted by atomic mass is 10.1. The predicted octanol–water partition coefficient (Wildman–Crippen LogP) is 2.57. The first-order chi connectivity index (χ1) is 13.2. The highest BCUT2D eigenvalue weighted by atomic mass is 32.2. The molecule has 0 saturated carbocycles. The van der Waals surface area contributed by atoms with Crippen LogP contribution in [0, 0.1) is 5.92 Å². The number of sulfonamides is 1. The Balaban J connectivity index is 1.92. The Morgan fingerprint density at radius 2 is 1.89 bits per heavy atom. The first-order valence-corrected chi connectivity index (χ1v) is 11.2. The quantitative estimate of drug-likeness (QED) is 0.665. The fourth-order valence-electron chi connectivity index (χ4n) is 3.09. The van der Waals surface area contributed by atoms with E-state index < -0.39 is 16.0 Å². The van der Waals surface area contributed by atoms with E-state index in [0.29, 0.717) is 19.0 Å². The molecule has 2 rings (SSSR count). The number of hydrogen-bond donors (Lipinski definition) is 1. The molecule has 1 heterocycles. The van der Waals surface area contributed by atoms with Crippen molar-refractivity contribution >= 4 is 21.9 Å². The summed E-state index contributed by atoms with van der Waals surface area (Å²) in [6.45, 7) is 6.72. The van der Waals surface area contributed by atoms with E-state index in [1.807, 2.05) is 6.92 Å². The predicted molar refractivity (Wildman–Crippen MR) is 106 cm³/mol. The molecule has 1 fully saturated rings. The maximum atomic E-state index is 12.8. The second-order valence-electron chi connectivity index (χ2n) is 7.59. The Bertz CT molecular complexity index is 774. The summed E-state index contributed by atoms with van der Waals surface area (Å²) >= 11 is 0. The van der Waals surface area contributed by atoms with Crippen LogP contribution in [0.4, 0.5) is 0 Å². The molecule has 1 atom stereocenters. The van der Waals surface area contributed by atoms with Gasteiger partial charge in [-0.05, 0) is 56.4 Å². The van der Waals surface area contributed by atoms with E-state index in [4.69, 9.17) is 4.74 Å². The van der Waals surface area contributed by atoms with Crippen molar-refractivity contribution in [1.29, 1.82) is 0 Å². The summed E-state index contributed by atoms with van der Waals surface area (Å²) in [4.78, 5) is 23.9. The molecule has 1 amide bonds. The van der Waals surface area contributed by atoms with Crippen LogP contribution in [0.1, 0.15) is 56.8 Å². The van der Waals surface area contributed by atoms with Crippen molar-refractivity contribution in [2.75, 3.05) is 19.7 Å². The third-order valence-electron chi connectivity index (χ3n) is 4.82. The van der Waals surface area contributed by atoms with Gasteiger partial charge in [0.15, 0.2) is 6.61 Å². The highest BCUT2D eigenvalue weighted by molar-refractivity contribution is 7.89. The number of rotatable bonds is 8. The van der Waals surface area contributed by atoms with Gasteiger partial charge < -0.3 is 10.1 Å². The average molecular weight is 411 g/mol. The zero-order valence-corrected chi connectivity index (χ0v) is 17.6. The summed E-state index contributed by atoms with van der Waals surface area (Å²) in [7, 11) is -3.58. The molecule has 28 heavy (non-hydrogen) atoms. The molecule has 8 heteroatoms. The Kier molecular flexibility index (Phi) is 8.00. The lowest BCUT2D eigenvalue weighted by Gasteiger charge is -2.32. The first kappa shape index (κ1) is 22.4. The van der Waals surface area contributed by atoms with E-state index in [1.54, 1.807) is 0 Å². The summed E-state index contributed by atoms with van der Waals surface area (Å²) in [5.74, 6) is -0.535. The van der Waals surface area contributed by atoms with Gasteiger partial charge in [-0.15, -0.1) is 0 Å². The number of nitrogens with one attached hydrogen (secondary N) is 1. The lowest BCUT2D eigenvalue weighted by molar-refractivity contribution is -0.124. The van der Waals surface area contributed by atoms with Crippen molar-refractivity contribution in [2.24, 2.45) is 5.92 Å². The molecule has 0 spiro atoms. The Hall–Kier alpha value is -1.93. The maximum absolute atomic E-state index is 12.8. The third kappa shape index (κ3) is 6.04. The first-order valence-electron chi connectivity index (χ1n) is 9.77. The number of carbonyl (C=O) groups is 2. The standard InChI is InChI=1S/C20H30N2O5S/c1-15(2)11-12-21-19(23)14-27-20(24)17-7-9-18(10-8-17)28(25,26)22-13-5-4-6-16(22)3/h7-10,15-16H,4-6,11-14H2,1-3H3,(H,21,23)/t16-/m1/s1. The smallest absolute Gasteiger partial charge is 0.338 e. The monoisotopic (exact) mass is 410 g/mol. The molecule has 0 aromatic heterocycles. The van der Waals surface area contributed by atoms with Crippen LogP contribution >= 0.6 is 0 Å². The summed E-state index contributed by atoms with van der Waals surface area (Å²) in [5.41, 5.74) is 0.209. The van der Waals surface area contributed by atoms with Crippen molar-refractivity contribution < 1.29 is 22.7 Å². The molecule has 7 nitrogen and oxygen atoms in total. The summed E-state index contributed by atoms with van der Waals surface area (Å²) in [6.07, 6.45) is 3.59. The molecule has 0 bridgehead atoms. The van der Waals surface area contributed by atoms with E-state index in [2.05, 4.69) is 19.2 Å². The van der Waals surface area contributed by atoms with E-state index in [1.165, 1.54) is 28.6 Å². The molecule has 1 N–H and O–H groups in total. The van der Waals surface area contributed by atoms with Gasteiger partial charge in [-0.1, -0.05) is 20.3 Å². The van der Waals surface area contributed by atoms with Gasteiger partial charge in [0.1, 0.15) is 0 Å². The summed E-state index contributed by atoms with van der Waals surface area (Å²) < 4.78 is 32.1. The van der Waals surface area contributed by atoms with Gasteiger partial charge in [-0.3, -0.25) is 4.79 Å². The highest BCUT2D eigenvalue weighted by Gasteiger charge is 2.30. The summed E-state index contributed by atoms with van der Waals surface area (Å²) in [5, 5.41) is 2.69. The van der Waals surface area contributed by atoms with Crippen molar-refractivity contribution in [3.8, 4) is 0 Å². The molecule has 1 aliphatic rings. The Morgan fingerprint density at radius 1 is 1.21 bits per heavy atom. The second-order valence-corrected chi connectivity index (χ2v) is 9.48. The van der Waals surface area contributed by atoms with Crippen molar-refractivity contribution in [1.82, 2.24) is 9.62 Å². The van der Waals surface area contributed by atoms with Gasteiger partial charge in [0.05, 0.1) is 10.5 Å². The van der Waals surface area contributed by atoms with E-state index >= 15 is 0 Å².